The molecule has 2 aromatic carbocycles. The summed E-state index contributed by atoms with van der Waals surface area (Å²) < 4.78 is 5.46. The quantitative estimate of drug-likeness (QED) is 0.681. The summed E-state index contributed by atoms with van der Waals surface area (Å²) in [5.74, 6) is -0.0301. The molecule has 1 atom stereocenters. The van der Waals surface area contributed by atoms with E-state index in [0.29, 0.717) is 12.9 Å². The number of H-pyrrole nitrogens is 1. The van der Waals surface area contributed by atoms with Crippen LogP contribution in [0.4, 0.5) is 0 Å². The van der Waals surface area contributed by atoms with E-state index in [1.54, 1.807) is 6.20 Å². The van der Waals surface area contributed by atoms with E-state index in [4.69, 9.17) is 4.74 Å². The Balaban J connectivity index is 1.99. The Hall–Kier alpha value is -2.88. The Bertz CT molecular complexity index is 672. The molecule has 1 heterocycles. The van der Waals surface area contributed by atoms with Crippen molar-refractivity contribution in [2.24, 2.45) is 0 Å². The third-order valence-corrected chi connectivity index (χ3v) is 3.91. The van der Waals surface area contributed by atoms with E-state index >= 15 is 0 Å². The number of aromatic nitrogens is 2. The highest BCUT2D eigenvalue weighted by molar-refractivity contribution is 5.41. The SMILES string of the molecule is O=COC(Cc1cn[nH]c1)C(c1ccccc1)c1ccccc1. The molecule has 3 rings (SSSR count). The maximum Gasteiger partial charge on any atom is 0.293 e. The smallest absolute Gasteiger partial charge is 0.293 e. The van der Waals surface area contributed by atoms with E-state index in [-0.39, 0.29) is 12.0 Å². The minimum atomic E-state index is -0.296. The summed E-state index contributed by atoms with van der Waals surface area (Å²) in [6.45, 7) is 0.531. The van der Waals surface area contributed by atoms with Crippen LogP contribution in [-0.4, -0.2) is 22.8 Å². The summed E-state index contributed by atoms with van der Waals surface area (Å²) in [4.78, 5) is 11.1. The van der Waals surface area contributed by atoms with E-state index < -0.39 is 0 Å². The number of benzene rings is 2. The summed E-state index contributed by atoms with van der Waals surface area (Å²) in [6, 6.07) is 20.2. The molecule has 0 bridgehead atoms. The fraction of sp³-hybridized carbons (Fsp3) is 0.158. The van der Waals surface area contributed by atoms with Gasteiger partial charge in [0, 0.05) is 18.5 Å². The van der Waals surface area contributed by atoms with Crippen molar-refractivity contribution < 1.29 is 9.53 Å². The van der Waals surface area contributed by atoms with Crippen LogP contribution in [0.15, 0.2) is 73.1 Å². The van der Waals surface area contributed by atoms with Gasteiger partial charge in [-0.2, -0.15) is 5.10 Å². The second-order valence-corrected chi connectivity index (χ2v) is 5.38. The summed E-state index contributed by atoms with van der Waals surface area (Å²) in [6.07, 6.45) is 3.89. The molecule has 0 saturated heterocycles. The summed E-state index contributed by atoms with van der Waals surface area (Å²) in [7, 11) is 0. The number of ether oxygens (including phenoxy) is 1. The molecule has 0 amide bonds. The minimum absolute atomic E-state index is 0.0301. The molecule has 0 saturated carbocycles. The average molecular weight is 306 g/mol. The molecule has 23 heavy (non-hydrogen) atoms. The third kappa shape index (κ3) is 3.66. The van der Waals surface area contributed by atoms with Gasteiger partial charge in [0.25, 0.3) is 6.47 Å². The predicted octanol–water partition coefficient (Wildman–Crippen LogP) is 3.33. The highest BCUT2D eigenvalue weighted by Crippen LogP contribution is 2.31. The summed E-state index contributed by atoms with van der Waals surface area (Å²) >= 11 is 0. The van der Waals surface area contributed by atoms with E-state index in [1.807, 2.05) is 42.6 Å². The molecule has 0 aliphatic rings. The van der Waals surface area contributed by atoms with Crippen LogP contribution in [-0.2, 0) is 16.0 Å². The first-order valence-electron chi connectivity index (χ1n) is 7.55. The first kappa shape index (κ1) is 15.0. The Morgan fingerprint density at radius 2 is 1.61 bits per heavy atom. The molecule has 1 N–H and O–H groups in total. The largest absolute Gasteiger partial charge is 0.463 e. The van der Waals surface area contributed by atoms with Gasteiger partial charge in [0.15, 0.2) is 0 Å². The highest BCUT2D eigenvalue weighted by Gasteiger charge is 2.26. The second kappa shape index (κ2) is 7.40. The normalized spacial score (nSPS) is 12.0. The van der Waals surface area contributed by atoms with Gasteiger partial charge in [-0.05, 0) is 16.7 Å². The molecule has 116 valence electrons. The number of nitrogens with one attached hydrogen (secondary N) is 1. The van der Waals surface area contributed by atoms with Gasteiger partial charge < -0.3 is 4.74 Å². The molecular weight excluding hydrogens is 288 g/mol. The zero-order chi connectivity index (χ0) is 15.9. The number of carbonyl (C=O) groups is 1. The lowest BCUT2D eigenvalue weighted by molar-refractivity contribution is -0.134. The number of carbonyl (C=O) groups excluding carboxylic acids is 1. The fourth-order valence-corrected chi connectivity index (χ4v) is 2.88. The lowest BCUT2D eigenvalue weighted by atomic mass is 9.84. The van der Waals surface area contributed by atoms with Gasteiger partial charge in [-0.3, -0.25) is 9.89 Å². The third-order valence-electron chi connectivity index (χ3n) is 3.91. The molecule has 0 aliphatic carbocycles. The molecule has 3 aromatic rings. The van der Waals surface area contributed by atoms with Crippen LogP contribution in [0.25, 0.3) is 0 Å². The lowest BCUT2D eigenvalue weighted by Crippen LogP contribution is -2.25. The Morgan fingerprint density at radius 1 is 1.00 bits per heavy atom. The van der Waals surface area contributed by atoms with Crippen molar-refractivity contribution in [3.05, 3.63) is 89.7 Å². The van der Waals surface area contributed by atoms with Crippen molar-refractivity contribution in [3.8, 4) is 0 Å². The predicted molar refractivity (Wildman–Crippen MR) is 88.0 cm³/mol. The van der Waals surface area contributed by atoms with Crippen LogP contribution in [0.5, 0.6) is 0 Å². The van der Waals surface area contributed by atoms with Gasteiger partial charge in [0.05, 0.1) is 6.20 Å². The maximum atomic E-state index is 11.1. The van der Waals surface area contributed by atoms with E-state index in [0.717, 1.165) is 16.7 Å². The number of aromatic amines is 1. The molecule has 0 aliphatic heterocycles. The molecular formula is C19H18N2O2. The zero-order valence-electron chi connectivity index (χ0n) is 12.6. The molecule has 0 spiro atoms. The second-order valence-electron chi connectivity index (χ2n) is 5.38. The van der Waals surface area contributed by atoms with E-state index in [1.165, 1.54) is 0 Å². The van der Waals surface area contributed by atoms with Crippen molar-refractivity contribution in [2.45, 2.75) is 18.4 Å². The standard InChI is InChI=1S/C19H18N2O2/c22-14-23-18(11-15-12-20-21-13-15)19(16-7-3-1-4-8-16)17-9-5-2-6-10-17/h1-10,12-14,18-19H,11H2,(H,20,21). The van der Waals surface area contributed by atoms with Gasteiger partial charge in [0.2, 0.25) is 0 Å². The van der Waals surface area contributed by atoms with Crippen molar-refractivity contribution >= 4 is 6.47 Å². The average Bonchev–Trinajstić information content (AvgIpc) is 3.10. The monoisotopic (exact) mass is 306 g/mol. The van der Waals surface area contributed by atoms with Crippen LogP contribution in [0.1, 0.15) is 22.6 Å². The number of rotatable bonds is 7. The lowest BCUT2D eigenvalue weighted by Gasteiger charge is -2.26. The molecule has 4 heteroatoms. The van der Waals surface area contributed by atoms with Gasteiger partial charge in [-0.1, -0.05) is 60.7 Å². The summed E-state index contributed by atoms with van der Waals surface area (Å²) in [5.41, 5.74) is 3.25. The van der Waals surface area contributed by atoms with Crippen molar-refractivity contribution in [1.82, 2.24) is 10.2 Å². The van der Waals surface area contributed by atoms with Crippen LogP contribution >= 0.6 is 0 Å². The Kier molecular flexibility index (Phi) is 4.84. The maximum absolute atomic E-state index is 11.1. The van der Waals surface area contributed by atoms with Gasteiger partial charge >= 0.3 is 0 Å². The van der Waals surface area contributed by atoms with Crippen molar-refractivity contribution in [3.63, 3.8) is 0 Å². The highest BCUT2D eigenvalue weighted by atomic mass is 16.5. The topological polar surface area (TPSA) is 55.0 Å². The molecule has 4 nitrogen and oxygen atoms in total. The van der Waals surface area contributed by atoms with E-state index in [9.17, 15) is 4.79 Å². The molecule has 1 unspecified atom stereocenters. The Labute approximate surface area is 135 Å². The van der Waals surface area contributed by atoms with Crippen molar-refractivity contribution in [1.29, 1.82) is 0 Å². The van der Waals surface area contributed by atoms with Crippen LogP contribution in [0.3, 0.4) is 0 Å². The summed E-state index contributed by atoms with van der Waals surface area (Å²) in [5, 5.41) is 6.77. The van der Waals surface area contributed by atoms with E-state index in [2.05, 4.69) is 34.5 Å². The van der Waals surface area contributed by atoms with Crippen molar-refractivity contribution in [2.75, 3.05) is 0 Å². The molecule has 0 radical (unpaired) electrons. The van der Waals surface area contributed by atoms with Crippen LogP contribution in [0.2, 0.25) is 0 Å². The zero-order valence-corrected chi connectivity index (χ0v) is 12.6. The minimum Gasteiger partial charge on any atom is -0.463 e. The number of hydrogen-bond acceptors (Lipinski definition) is 3. The Morgan fingerprint density at radius 3 is 2.09 bits per heavy atom. The van der Waals surface area contributed by atoms with Crippen LogP contribution < -0.4 is 0 Å². The first-order valence-corrected chi connectivity index (χ1v) is 7.55. The van der Waals surface area contributed by atoms with Crippen LogP contribution in [0, 0.1) is 0 Å². The van der Waals surface area contributed by atoms with Gasteiger partial charge in [-0.25, -0.2) is 0 Å². The van der Waals surface area contributed by atoms with Gasteiger partial charge in [-0.15, -0.1) is 0 Å². The molecule has 1 aromatic heterocycles. The molecule has 0 fully saturated rings. The fourth-order valence-electron chi connectivity index (χ4n) is 2.88. The number of nitrogens with zero attached hydrogens (tertiary/aromatic N) is 1. The number of hydrogen-bond donors (Lipinski definition) is 1. The first-order chi connectivity index (χ1) is 11.4. The van der Waals surface area contributed by atoms with Gasteiger partial charge in [0.1, 0.15) is 6.10 Å².